The van der Waals surface area contributed by atoms with Crippen LogP contribution in [0, 0.1) is 5.41 Å². The molecule has 0 aromatic heterocycles. The minimum Gasteiger partial charge on any atom is -0.508 e. The lowest BCUT2D eigenvalue weighted by atomic mass is 9.72. The molecule has 2 N–H and O–H groups in total. The maximum absolute atomic E-state index is 10.2. The molecule has 1 spiro atoms. The highest BCUT2D eigenvalue weighted by atomic mass is 16.3. The van der Waals surface area contributed by atoms with E-state index in [-0.39, 0.29) is 0 Å². The van der Waals surface area contributed by atoms with Crippen LogP contribution < -0.4 is 10.2 Å². The molecule has 0 saturated carbocycles. The van der Waals surface area contributed by atoms with E-state index in [4.69, 9.17) is 0 Å². The number of phenols is 1. The molecule has 2 heterocycles. The first-order chi connectivity index (χ1) is 18.7. The zero-order valence-electron chi connectivity index (χ0n) is 22.7. The highest BCUT2D eigenvalue weighted by Crippen LogP contribution is 2.42. The van der Waals surface area contributed by atoms with Crippen LogP contribution >= 0.6 is 0 Å². The van der Waals surface area contributed by atoms with Crippen LogP contribution in [0.1, 0.15) is 80.0 Å². The lowest BCUT2D eigenvalue weighted by Gasteiger charge is -2.38. The first kappa shape index (κ1) is 25.2. The van der Waals surface area contributed by atoms with E-state index in [9.17, 15) is 5.11 Å². The van der Waals surface area contributed by atoms with Crippen LogP contribution in [0.3, 0.4) is 0 Å². The van der Waals surface area contributed by atoms with Crippen LogP contribution in [0.25, 0.3) is 11.1 Å². The number of aryl methyl sites for hydroxylation is 1. The highest BCUT2D eigenvalue weighted by Gasteiger charge is 2.31. The van der Waals surface area contributed by atoms with Crippen molar-refractivity contribution in [2.45, 2.75) is 64.2 Å². The molecule has 3 nitrogen and oxygen atoms in total. The summed E-state index contributed by atoms with van der Waals surface area (Å²) < 4.78 is 0. The molecule has 0 radical (unpaired) electrons. The molecule has 0 bridgehead atoms. The van der Waals surface area contributed by atoms with Crippen LogP contribution in [-0.4, -0.2) is 31.3 Å². The molecule has 198 valence electrons. The summed E-state index contributed by atoms with van der Waals surface area (Å²) in [5.41, 5.74) is 9.78. The lowest BCUT2D eigenvalue weighted by Crippen LogP contribution is -2.33. The molecule has 3 aromatic carbocycles. The first-order valence-electron chi connectivity index (χ1n) is 14.9. The number of hydrogen-bond acceptors (Lipinski definition) is 3. The van der Waals surface area contributed by atoms with E-state index in [2.05, 4.69) is 70.9 Å². The second kappa shape index (κ2) is 11.4. The van der Waals surface area contributed by atoms with E-state index in [1.807, 2.05) is 12.1 Å². The minimum atomic E-state index is 0.362. The van der Waals surface area contributed by atoms with Gasteiger partial charge in [0.15, 0.2) is 0 Å². The Morgan fingerprint density at radius 3 is 2.24 bits per heavy atom. The van der Waals surface area contributed by atoms with Gasteiger partial charge in [0.25, 0.3) is 0 Å². The van der Waals surface area contributed by atoms with Gasteiger partial charge in [0.2, 0.25) is 0 Å². The monoisotopic (exact) mass is 506 g/mol. The van der Waals surface area contributed by atoms with E-state index < -0.39 is 0 Å². The van der Waals surface area contributed by atoms with E-state index in [1.54, 1.807) is 0 Å². The van der Waals surface area contributed by atoms with E-state index in [0.29, 0.717) is 11.2 Å². The molecule has 2 aliphatic heterocycles. The second-order valence-electron chi connectivity index (χ2n) is 11.8. The first-order valence-corrected chi connectivity index (χ1v) is 14.9. The fraction of sp³-hybridized carbons (Fsp3) is 0.429. The van der Waals surface area contributed by atoms with Crippen LogP contribution in [0.2, 0.25) is 0 Å². The number of fused-ring (bicyclic) bond motifs is 1. The summed E-state index contributed by atoms with van der Waals surface area (Å²) in [4.78, 5) is 2.62. The maximum atomic E-state index is 10.2. The van der Waals surface area contributed by atoms with Gasteiger partial charge in [-0.1, -0.05) is 48.5 Å². The highest BCUT2D eigenvalue weighted by molar-refractivity contribution is 6.00. The number of allylic oxidation sites excluding steroid dienone is 1. The maximum Gasteiger partial charge on any atom is 0.115 e. The molecule has 0 unspecified atom stereocenters. The normalized spacial score (nSPS) is 20.3. The average molecular weight is 507 g/mol. The SMILES string of the molecule is Oc1ccc2c(c1)CCCC(c1ccccc1)=C2c1ccc(N2CCCC3(CCCNCC3)CCC2)cc1. The number of nitrogens with one attached hydrogen (secondary N) is 1. The van der Waals surface area contributed by atoms with Gasteiger partial charge in [-0.2, -0.15) is 0 Å². The van der Waals surface area contributed by atoms with Crippen molar-refractivity contribution in [3.8, 4) is 5.75 Å². The third-order valence-electron chi connectivity index (χ3n) is 9.34. The standard InChI is InChI=1S/C35H42N2O/c38-31-16-17-33-29(26-31)10-4-11-32(27-8-2-1-3-9-27)34(33)28-12-14-30(15-13-28)37-24-6-19-35(20-7-25-37)18-5-22-36-23-21-35/h1-3,8-9,12-17,26,36,38H,4-7,10-11,18-25H2. The van der Waals surface area contributed by atoms with Gasteiger partial charge in [0, 0.05) is 18.8 Å². The van der Waals surface area contributed by atoms with Crippen LogP contribution in [0.5, 0.6) is 5.75 Å². The Labute approximate surface area is 228 Å². The van der Waals surface area contributed by atoms with E-state index in [1.165, 1.54) is 97.1 Å². The molecule has 3 heteroatoms. The van der Waals surface area contributed by atoms with Crippen molar-refractivity contribution in [1.82, 2.24) is 5.32 Å². The smallest absolute Gasteiger partial charge is 0.115 e. The summed E-state index contributed by atoms with van der Waals surface area (Å²) in [6.07, 6.45) is 12.6. The summed E-state index contributed by atoms with van der Waals surface area (Å²) >= 11 is 0. The van der Waals surface area contributed by atoms with Crippen molar-refractivity contribution in [3.63, 3.8) is 0 Å². The number of hydrogen-bond donors (Lipinski definition) is 2. The summed E-state index contributed by atoms with van der Waals surface area (Å²) in [5.74, 6) is 0.362. The van der Waals surface area contributed by atoms with Gasteiger partial charge >= 0.3 is 0 Å². The predicted molar refractivity (Wildman–Crippen MR) is 160 cm³/mol. The van der Waals surface area contributed by atoms with Gasteiger partial charge in [0.05, 0.1) is 0 Å². The molecule has 38 heavy (non-hydrogen) atoms. The number of nitrogens with zero attached hydrogens (tertiary/aromatic N) is 1. The molecular formula is C35H42N2O. The fourth-order valence-corrected chi connectivity index (χ4v) is 7.35. The number of aromatic hydroxyl groups is 1. The van der Waals surface area contributed by atoms with Gasteiger partial charge in [-0.15, -0.1) is 0 Å². The molecule has 0 atom stereocenters. The molecule has 2 fully saturated rings. The van der Waals surface area contributed by atoms with Crippen molar-refractivity contribution in [3.05, 3.63) is 95.1 Å². The Morgan fingerprint density at radius 1 is 0.684 bits per heavy atom. The Hall–Kier alpha value is -3.04. The summed E-state index contributed by atoms with van der Waals surface area (Å²) in [6, 6.07) is 26.2. The Kier molecular flexibility index (Phi) is 7.56. The zero-order chi connectivity index (χ0) is 25.8. The van der Waals surface area contributed by atoms with Gasteiger partial charge in [-0.05, 0) is 140 Å². The van der Waals surface area contributed by atoms with Crippen molar-refractivity contribution < 1.29 is 5.11 Å². The van der Waals surface area contributed by atoms with Gasteiger partial charge in [0.1, 0.15) is 5.75 Å². The Bertz CT molecular complexity index is 1240. The van der Waals surface area contributed by atoms with Crippen molar-refractivity contribution >= 4 is 16.8 Å². The largest absolute Gasteiger partial charge is 0.508 e. The molecule has 3 aliphatic rings. The average Bonchev–Trinajstić information content (AvgIpc) is 3.28. The molecule has 1 aliphatic carbocycles. The number of benzene rings is 3. The van der Waals surface area contributed by atoms with Gasteiger partial charge in [-0.25, -0.2) is 0 Å². The molecule has 2 saturated heterocycles. The predicted octanol–water partition coefficient (Wildman–Crippen LogP) is 7.83. The molecule has 0 amide bonds. The third-order valence-corrected chi connectivity index (χ3v) is 9.34. The molecule has 3 aromatic rings. The van der Waals surface area contributed by atoms with Crippen LogP contribution in [0.15, 0.2) is 72.8 Å². The fourth-order valence-electron chi connectivity index (χ4n) is 7.35. The topological polar surface area (TPSA) is 35.5 Å². The summed E-state index contributed by atoms with van der Waals surface area (Å²) in [5, 5.41) is 13.8. The van der Waals surface area contributed by atoms with E-state index >= 15 is 0 Å². The van der Waals surface area contributed by atoms with Gasteiger partial charge in [-0.3, -0.25) is 0 Å². The van der Waals surface area contributed by atoms with Crippen molar-refractivity contribution in [2.75, 3.05) is 31.1 Å². The number of rotatable bonds is 3. The van der Waals surface area contributed by atoms with Crippen LogP contribution in [0.4, 0.5) is 5.69 Å². The third kappa shape index (κ3) is 5.40. The van der Waals surface area contributed by atoms with Crippen LogP contribution in [-0.2, 0) is 6.42 Å². The Morgan fingerprint density at radius 2 is 1.45 bits per heavy atom. The van der Waals surface area contributed by atoms with E-state index in [0.717, 1.165) is 32.4 Å². The summed E-state index contributed by atoms with van der Waals surface area (Å²) in [6.45, 7) is 4.73. The number of phenolic OH excluding ortho intramolecular Hbond substituents is 1. The molecule has 6 rings (SSSR count). The van der Waals surface area contributed by atoms with Crippen molar-refractivity contribution in [2.24, 2.45) is 5.41 Å². The quantitative estimate of drug-likeness (QED) is 0.380. The van der Waals surface area contributed by atoms with Gasteiger partial charge < -0.3 is 15.3 Å². The second-order valence-corrected chi connectivity index (χ2v) is 11.8. The molecular weight excluding hydrogens is 464 g/mol. The van der Waals surface area contributed by atoms with Crippen molar-refractivity contribution in [1.29, 1.82) is 0 Å². The Balaban J connectivity index is 1.28. The zero-order valence-corrected chi connectivity index (χ0v) is 22.7. The lowest BCUT2D eigenvalue weighted by molar-refractivity contribution is 0.193. The number of anilines is 1. The summed E-state index contributed by atoms with van der Waals surface area (Å²) in [7, 11) is 0. The minimum absolute atomic E-state index is 0.362.